The third kappa shape index (κ3) is 4.11. The number of anilines is 3. The zero-order valence-corrected chi connectivity index (χ0v) is 22.5. The third-order valence-electron chi connectivity index (χ3n) is 8.19. The highest BCUT2D eigenvalue weighted by Crippen LogP contribution is 2.49. The Hall–Kier alpha value is -5.40. The van der Waals surface area contributed by atoms with Crippen molar-refractivity contribution in [3.05, 3.63) is 164 Å². The standard InChI is InChI=1S/C40H27N/c1-3-9-28(10-4-1)30-15-20-34(21-16-30)41(35-22-17-31(18-23-35)29-11-5-2-6-12-29)36-24-19-32-26-39-37-13-7-8-14-38(37)40(39)27-33(32)25-36/h1-27H. The van der Waals surface area contributed by atoms with E-state index in [2.05, 4.69) is 169 Å². The predicted molar refractivity (Wildman–Crippen MR) is 174 cm³/mol. The van der Waals surface area contributed by atoms with E-state index >= 15 is 0 Å². The van der Waals surface area contributed by atoms with Gasteiger partial charge < -0.3 is 4.90 Å². The molecule has 0 aliphatic heterocycles. The molecule has 1 aliphatic rings. The summed E-state index contributed by atoms with van der Waals surface area (Å²) in [5, 5.41) is 2.52. The Bertz CT molecular complexity index is 1920. The van der Waals surface area contributed by atoms with Crippen LogP contribution in [0.25, 0.3) is 55.3 Å². The van der Waals surface area contributed by atoms with E-state index < -0.39 is 0 Å². The Labute approximate surface area is 240 Å². The fourth-order valence-electron chi connectivity index (χ4n) is 6.07. The molecule has 41 heavy (non-hydrogen) atoms. The second-order valence-electron chi connectivity index (χ2n) is 10.6. The summed E-state index contributed by atoms with van der Waals surface area (Å²) in [7, 11) is 0. The first-order valence-corrected chi connectivity index (χ1v) is 14.1. The normalized spacial score (nSPS) is 11.4. The molecule has 7 aromatic rings. The van der Waals surface area contributed by atoms with E-state index in [1.165, 1.54) is 55.3 Å². The number of hydrogen-bond donors (Lipinski definition) is 0. The Morgan fingerprint density at radius 3 is 1.20 bits per heavy atom. The topological polar surface area (TPSA) is 3.24 Å². The van der Waals surface area contributed by atoms with Crippen molar-refractivity contribution in [1.29, 1.82) is 0 Å². The second kappa shape index (κ2) is 9.66. The van der Waals surface area contributed by atoms with Gasteiger partial charge in [-0.05, 0) is 104 Å². The van der Waals surface area contributed by atoms with Crippen molar-refractivity contribution >= 4 is 27.8 Å². The van der Waals surface area contributed by atoms with E-state index in [1.807, 2.05) is 0 Å². The molecule has 0 radical (unpaired) electrons. The zero-order chi connectivity index (χ0) is 27.2. The average molecular weight is 522 g/mol. The maximum Gasteiger partial charge on any atom is 0.0468 e. The largest absolute Gasteiger partial charge is 0.310 e. The van der Waals surface area contributed by atoms with Crippen molar-refractivity contribution in [3.63, 3.8) is 0 Å². The van der Waals surface area contributed by atoms with E-state index in [1.54, 1.807) is 0 Å². The summed E-state index contributed by atoms with van der Waals surface area (Å²) >= 11 is 0. The molecule has 0 atom stereocenters. The summed E-state index contributed by atoms with van der Waals surface area (Å²) in [4.78, 5) is 2.36. The predicted octanol–water partition coefficient (Wildman–Crippen LogP) is 11.3. The van der Waals surface area contributed by atoms with Gasteiger partial charge in [-0.25, -0.2) is 0 Å². The summed E-state index contributed by atoms with van der Waals surface area (Å²) in [6.45, 7) is 0. The lowest BCUT2D eigenvalue weighted by Crippen LogP contribution is -2.10. The van der Waals surface area contributed by atoms with Crippen molar-refractivity contribution in [2.45, 2.75) is 0 Å². The molecule has 0 spiro atoms. The lowest BCUT2D eigenvalue weighted by Gasteiger charge is -2.27. The van der Waals surface area contributed by atoms with Crippen molar-refractivity contribution in [1.82, 2.24) is 0 Å². The molecule has 1 aliphatic carbocycles. The highest BCUT2D eigenvalue weighted by Gasteiger charge is 2.22. The molecule has 0 saturated heterocycles. The molecule has 0 unspecified atom stereocenters. The molecule has 0 bridgehead atoms. The molecule has 0 fully saturated rings. The lowest BCUT2D eigenvalue weighted by molar-refractivity contribution is 1.29. The van der Waals surface area contributed by atoms with Crippen LogP contribution in [0.4, 0.5) is 17.1 Å². The Balaban J connectivity index is 1.23. The summed E-state index contributed by atoms with van der Waals surface area (Å²) in [5.74, 6) is 0. The number of nitrogens with zero attached hydrogens (tertiary/aromatic N) is 1. The first-order valence-electron chi connectivity index (χ1n) is 14.1. The van der Waals surface area contributed by atoms with Crippen LogP contribution in [0.2, 0.25) is 0 Å². The van der Waals surface area contributed by atoms with Crippen molar-refractivity contribution in [2.24, 2.45) is 0 Å². The molecule has 0 amide bonds. The maximum absolute atomic E-state index is 2.36. The molecule has 192 valence electrons. The zero-order valence-electron chi connectivity index (χ0n) is 22.5. The number of fused-ring (bicyclic) bond motifs is 5. The van der Waals surface area contributed by atoms with Gasteiger partial charge in [0.15, 0.2) is 0 Å². The molecule has 0 aromatic heterocycles. The quantitative estimate of drug-likeness (QED) is 0.218. The summed E-state index contributed by atoms with van der Waals surface area (Å²) in [6.07, 6.45) is 0. The molecule has 0 N–H and O–H groups in total. The summed E-state index contributed by atoms with van der Waals surface area (Å²) < 4.78 is 0. The SMILES string of the molecule is c1ccc(-c2ccc(N(c3ccc(-c4ccccc4)cc3)c3ccc4cc5c(cc4c3)-c3ccccc3-5)cc2)cc1. The molecule has 1 heteroatoms. The minimum absolute atomic E-state index is 1.13. The van der Waals surface area contributed by atoms with Gasteiger partial charge in [-0.3, -0.25) is 0 Å². The number of hydrogen-bond acceptors (Lipinski definition) is 1. The maximum atomic E-state index is 2.36. The van der Waals surface area contributed by atoms with Crippen molar-refractivity contribution in [2.75, 3.05) is 4.90 Å². The van der Waals surface area contributed by atoms with Gasteiger partial charge >= 0.3 is 0 Å². The van der Waals surface area contributed by atoms with Gasteiger partial charge in [-0.15, -0.1) is 0 Å². The van der Waals surface area contributed by atoms with Gasteiger partial charge in [0.25, 0.3) is 0 Å². The molecular formula is C40H27N. The van der Waals surface area contributed by atoms with E-state index in [0.717, 1.165) is 17.1 Å². The summed E-state index contributed by atoms with van der Waals surface area (Å²) in [5.41, 5.74) is 13.7. The smallest absolute Gasteiger partial charge is 0.0468 e. The van der Waals surface area contributed by atoms with Crippen molar-refractivity contribution in [3.8, 4) is 44.5 Å². The fraction of sp³-hybridized carbons (Fsp3) is 0. The van der Waals surface area contributed by atoms with Crippen LogP contribution in [0.5, 0.6) is 0 Å². The highest BCUT2D eigenvalue weighted by atomic mass is 15.1. The number of benzene rings is 7. The average Bonchev–Trinajstić information content (AvgIpc) is 3.05. The van der Waals surface area contributed by atoms with Crippen molar-refractivity contribution < 1.29 is 0 Å². The van der Waals surface area contributed by atoms with Gasteiger partial charge in [0.2, 0.25) is 0 Å². The molecular weight excluding hydrogens is 494 g/mol. The van der Waals surface area contributed by atoms with E-state index in [-0.39, 0.29) is 0 Å². The minimum atomic E-state index is 1.13. The van der Waals surface area contributed by atoms with Crippen LogP contribution in [-0.2, 0) is 0 Å². The van der Waals surface area contributed by atoms with Crippen LogP contribution >= 0.6 is 0 Å². The van der Waals surface area contributed by atoms with Crippen LogP contribution in [0.3, 0.4) is 0 Å². The molecule has 8 rings (SSSR count). The summed E-state index contributed by atoms with van der Waals surface area (Å²) in [6, 6.07) is 59.1. The van der Waals surface area contributed by atoms with Crippen LogP contribution in [0, 0.1) is 0 Å². The Morgan fingerprint density at radius 2 is 0.683 bits per heavy atom. The highest BCUT2D eigenvalue weighted by molar-refractivity contribution is 6.08. The fourth-order valence-corrected chi connectivity index (χ4v) is 6.07. The van der Waals surface area contributed by atoms with Gasteiger partial charge in [-0.2, -0.15) is 0 Å². The van der Waals surface area contributed by atoms with E-state index in [9.17, 15) is 0 Å². The van der Waals surface area contributed by atoms with Gasteiger partial charge in [0.05, 0.1) is 0 Å². The molecule has 0 heterocycles. The first-order chi connectivity index (χ1) is 20.3. The van der Waals surface area contributed by atoms with E-state index in [4.69, 9.17) is 0 Å². The van der Waals surface area contributed by atoms with Gasteiger partial charge in [0.1, 0.15) is 0 Å². The first kappa shape index (κ1) is 23.5. The van der Waals surface area contributed by atoms with Crippen LogP contribution < -0.4 is 4.90 Å². The lowest BCUT2D eigenvalue weighted by atomic mass is 9.79. The van der Waals surface area contributed by atoms with Crippen LogP contribution in [0.15, 0.2) is 164 Å². The number of rotatable bonds is 5. The van der Waals surface area contributed by atoms with Gasteiger partial charge in [0, 0.05) is 17.1 Å². The van der Waals surface area contributed by atoms with Gasteiger partial charge in [-0.1, -0.05) is 115 Å². The second-order valence-corrected chi connectivity index (χ2v) is 10.6. The third-order valence-corrected chi connectivity index (χ3v) is 8.19. The molecule has 7 aromatic carbocycles. The monoisotopic (exact) mass is 521 g/mol. The molecule has 0 saturated carbocycles. The van der Waals surface area contributed by atoms with E-state index in [0.29, 0.717) is 0 Å². The Morgan fingerprint density at radius 1 is 0.268 bits per heavy atom. The van der Waals surface area contributed by atoms with Crippen LogP contribution in [0.1, 0.15) is 0 Å². The minimum Gasteiger partial charge on any atom is -0.310 e. The Kier molecular flexibility index (Phi) is 5.53. The molecule has 1 nitrogen and oxygen atoms in total. The van der Waals surface area contributed by atoms with Crippen LogP contribution in [-0.4, -0.2) is 0 Å².